The quantitative estimate of drug-likeness (QED) is 0.892. The number of hydrogen-bond donors (Lipinski definition) is 1. The van der Waals surface area contributed by atoms with Crippen LogP contribution >= 0.6 is 0 Å². The molecule has 7 nitrogen and oxygen atoms in total. The molecule has 1 heterocycles. The van der Waals surface area contributed by atoms with E-state index in [1.165, 1.54) is 20.4 Å². The highest BCUT2D eigenvalue weighted by atomic mass is 16.5. The van der Waals surface area contributed by atoms with Crippen molar-refractivity contribution < 1.29 is 24.1 Å². The molecule has 20 heavy (non-hydrogen) atoms. The van der Waals surface area contributed by atoms with Crippen molar-refractivity contribution in [3.8, 4) is 23.1 Å². The van der Waals surface area contributed by atoms with Gasteiger partial charge in [0.05, 0.1) is 26.6 Å². The van der Waals surface area contributed by atoms with Crippen molar-refractivity contribution in [3.63, 3.8) is 0 Å². The summed E-state index contributed by atoms with van der Waals surface area (Å²) in [6, 6.07) is 5.11. The second kappa shape index (κ2) is 5.87. The molecule has 0 aliphatic heterocycles. The Balaban J connectivity index is 2.39. The summed E-state index contributed by atoms with van der Waals surface area (Å²) in [5.41, 5.74) is -0.212. The first kappa shape index (κ1) is 13.6. The summed E-state index contributed by atoms with van der Waals surface area (Å²) in [4.78, 5) is 18.4. The number of carboxylic acids is 1. The number of rotatable bonds is 5. The summed E-state index contributed by atoms with van der Waals surface area (Å²) in [6.45, 7) is 0. The van der Waals surface area contributed by atoms with Crippen LogP contribution in [0.4, 0.5) is 0 Å². The highest BCUT2D eigenvalue weighted by Crippen LogP contribution is 2.39. The van der Waals surface area contributed by atoms with Crippen molar-refractivity contribution in [2.24, 2.45) is 0 Å². The van der Waals surface area contributed by atoms with Gasteiger partial charge in [0.25, 0.3) is 0 Å². The number of ether oxygens (including phenoxy) is 3. The van der Waals surface area contributed by atoms with Gasteiger partial charge in [-0.05, 0) is 12.1 Å². The van der Waals surface area contributed by atoms with Crippen LogP contribution in [0.1, 0.15) is 10.5 Å². The van der Waals surface area contributed by atoms with Gasteiger partial charge in [-0.15, -0.1) is 0 Å². The number of benzene rings is 1. The minimum absolute atomic E-state index is 0.0349. The summed E-state index contributed by atoms with van der Waals surface area (Å²) < 4.78 is 15.9. The Hall–Kier alpha value is -2.83. The Morgan fingerprint density at radius 1 is 1.15 bits per heavy atom. The van der Waals surface area contributed by atoms with Crippen LogP contribution in [0, 0.1) is 0 Å². The summed E-state index contributed by atoms with van der Waals surface area (Å²) >= 11 is 0. The average molecular weight is 276 g/mol. The van der Waals surface area contributed by atoms with E-state index in [1.807, 2.05) is 0 Å². The fraction of sp³-hybridized carbons (Fsp3) is 0.154. The minimum atomic E-state index is -1.19. The van der Waals surface area contributed by atoms with E-state index in [1.54, 1.807) is 18.2 Å². The van der Waals surface area contributed by atoms with Gasteiger partial charge in [0.1, 0.15) is 0 Å². The second-order valence-corrected chi connectivity index (χ2v) is 3.64. The van der Waals surface area contributed by atoms with Crippen molar-refractivity contribution in [1.29, 1.82) is 0 Å². The zero-order valence-electron chi connectivity index (χ0n) is 10.9. The van der Waals surface area contributed by atoms with Crippen LogP contribution in [0.25, 0.3) is 0 Å². The topological polar surface area (TPSA) is 90.8 Å². The molecule has 1 aromatic carbocycles. The number of carbonyl (C=O) groups is 1. The third kappa shape index (κ3) is 2.77. The Bertz CT molecular complexity index is 608. The molecule has 2 rings (SSSR count). The molecule has 0 unspecified atom stereocenters. The molecule has 0 spiro atoms. The maximum atomic E-state index is 10.8. The number of aromatic nitrogens is 2. The molecular formula is C13H12N2O5. The third-order valence-corrected chi connectivity index (χ3v) is 2.42. The molecule has 0 aliphatic rings. The zero-order chi connectivity index (χ0) is 14.5. The lowest BCUT2D eigenvalue weighted by atomic mass is 10.3. The maximum absolute atomic E-state index is 10.8. The van der Waals surface area contributed by atoms with Crippen LogP contribution in [0.2, 0.25) is 0 Å². The van der Waals surface area contributed by atoms with Crippen LogP contribution in [0.5, 0.6) is 23.1 Å². The van der Waals surface area contributed by atoms with E-state index in [9.17, 15) is 4.79 Å². The Morgan fingerprint density at radius 2 is 1.80 bits per heavy atom. The SMILES string of the molecule is COc1cccc(OC)c1Oc1cncc(C(=O)O)n1. The maximum Gasteiger partial charge on any atom is 0.356 e. The molecule has 1 aromatic heterocycles. The molecule has 7 heteroatoms. The van der Waals surface area contributed by atoms with Crippen molar-refractivity contribution in [2.75, 3.05) is 14.2 Å². The van der Waals surface area contributed by atoms with Gasteiger partial charge in [0, 0.05) is 0 Å². The summed E-state index contributed by atoms with van der Waals surface area (Å²) in [7, 11) is 2.97. The van der Waals surface area contributed by atoms with E-state index in [-0.39, 0.29) is 11.6 Å². The standard InChI is InChI=1S/C13H12N2O5/c1-18-9-4-3-5-10(19-2)12(9)20-11-7-14-6-8(15-11)13(16)17/h3-7H,1-2H3,(H,16,17). The molecule has 0 radical (unpaired) electrons. The summed E-state index contributed by atoms with van der Waals surface area (Å²) in [5, 5.41) is 8.87. The van der Waals surface area contributed by atoms with Gasteiger partial charge in [-0.3, -0.25) is 4.98 Å². The number of aromatic carboxylic acids is 1. The summed E-state index contributed by atoms with van der Waals surface area (Å²) in [6.07, 6.45) is 2.44. The monoisotopic (exact) mass is 276 g/mol. The third-order valence-electron chi connectivity index (χ3n) is 2.42. The Morgan fingerprint density at radius 3 is 2.35 bits per heavy atom. The Labute approximate surface area is 114 Å². The molecule has 0 saturated carbocycles. The van der Waals surface area contributed by atoms with Gasteiger partial charge in [-0.25, -0.2) is 9.78 Å². The molecule has 0 aliphatic carbocycles. The molecule has 0 fully saturated rings. The first-order valence-electron chi connectivity index (χ1n) is 5.60. The highest BCUT2D eigenvalue weighted by Gasteiger charge is 2.14. The van der Waals surface area contributed by atoms with Crippen molar-refractivity contribution in [2.45, 2.75) is 0 Å². The molecular weight excluding hydrogens is 264 g/mol. The minimum Gasteiger partial charge on any atom is -0.493 e. The molecule has 0 atom stereocenters. The molecule has 1 N–H and O–H groups in total. The largest absolute Gasteiger partial charge is 0.493 e. The number of carboxylic acid groups (broad SMARTS) is 1. The molecule has 0 saturated heterocycles. The first-order chi connectivity index (χ1) is 9.65. The predicted molar refractivity (Wildman–Crippen MR) is 68.6 cm³/mol. The fourth-order valence-electron chi connectivity index (χ4n) is 1.52. The van der Waals surface area contributed by atoms with Gasteiger partial charge >= 0.3 is 5.97 Å². The lowest BCUT2D eigenvalue weighted by Gasteiger charge is -2.12. The summed E-state index contributed by atoms with van der Waals surface area (Å²) in [5.74, 6) is 0.0238. The number of nitrogens with zero attached hydrogens (tertiary/aromatic N) is 2. The van der Waals surface area contributed by atoms with Gasteiger partial charge in [-0.1, -0.05) is 6.07 Å². The molecule has 0 bridgehead atoms. The van der Waals surface area contributed by atoms with Gasteiger partial charge < -0.3 is 19.3 Å². The van der Waals surface area contributed by atoms with E-state index in [0.717, 1.165) is 6.20 Å². The van der Waals surface area contributed by atoms with E-state index in [4.69, 9.17) is 19.3 Å². The van der Waals surface area contributed by atoms with Crippen LogP contribution in [0.3, 0.4) is 0 Å². The zero-order valence-corrected chi connectivity index (χ0v) is 10.9. The van der Waals surface area contributed by atoms with Gasteiger partial charge in [0.15, 0.2) is 17.2 Å². The van der Waals surface area contributed by atoms with Crippen molar-refractivity contribution >= 4 is 5.97 Å². The molecule has 2 aromatic rings. The fourth-order valence-corrected chi connectivity index (χ4v) is 1.52. The van der Waals surface area contributed by atoms with Crippen LogP contribution in [0.15, 0.2) is 30.6 Å². The smallest absolute Gasteiger partial charge is 0.356 e. The highest BCUT2D eigenvalue weighted by molar-refractivity contribution is 5.84. The molecule has 104 valence electrons. The van der Waals surface area contributed by atoms with Crippen LogP contribution in [-0.2, 0) is 0 Å². The second-order valence-electron chi connectivity index (χ2n) is 3.64. The lowest BCUT2D eigenvalue weighted by molar-refractivity contribution is 0.0689. The van der Waals surface area contributed by atoms with E-state index in [2.05, 4.69) is 9.97 Å². The lowest BCUT2D eigenvalue weighted by Crippen LogP contribution is -2.03. The number of hydrogen-bond acceptors (Lipinski definition) is 6. The predicted octanol–water partition coefficient (Wildman–Crippen LogP) is 1.98. The van der Waals surface area contributed by atoms with E-state index < -0.39 is 5.97 Å². The number of para-hydroxylation sites is 1. The Kier molecular flexibility index (Phi) is 3.99. The normalized spacial score (nSPS) is 9.90. The van der Waals surface area contributed by atoms with Crippen molar-refractivity contribution in [3.05, 3.63) is 36.3 Å². The molecule has 0 amide bonds. The van der Waals surface area contributed by atoms with E-state index >= 15 is 0 Å². The van der Waals surface area contributed by atoms with Gasteiger partial charge in [0.2, 0.25) is 11.6 Å². The number of methoxy groups -OCH3 is 2. The van der Waals surface area contributed by atoms with Crippen LogP contribution < -0.4 is 14.2 Å². The first-order valence-corrected chi connectivity index (χ1v) is 5.60. The average Bonchev–Trinajstić information content (AvgIpc) is 2.47. The van der Waals surface area contributed by atoms with E-state index in [0.29, 0.717) is 17.2 Å². The van der Waals surface area contributed by atoms with Gasteiger partial charge in [-0.2, -0.15) is 0 Å². The van der Waals surface area contributed by atoms with Crippen LogP contribution in [-0.4, -0.2) is 35.3 Å². The van der Waals surface area contributed by atoms with Crippen molar-refractivity contribution in [1.82, 2.24) is 9.97 Å².